The second kappa shape index (κ2) is 10.2. The summed E-state index contributed by atoms with van der Waals surface area (Å²) in [6.45, 7) is 10.5. The van der Waals surface area contributed by atoms with Crippen LogP contribution in [0.1, 0.15) is 67.9 Å². The van der Waals surface area contributed by atoms with Crippen LogP contribution in [-0.4, -0.2) is 49.3 Å². The van der Waals surface area contributed by atoms with Crippen LogP contribution in [0.4, 0.5) is 0 Å². The molecule has 9 heteroatoms. The van der Waals surface area contributed by atoms with E-state index in [2.05, 4.69) is 75.8 Å². The van der Waals surface area contributed by atoms with E-state index in [1.165, 1.54) is 4.88 Å². The van der Waals surface area contributed by atoms with Crippen molar-refractivity contribution in [2.75, 3.05) is 13.2 Å². The summed E-state index contributed by atoms with van der Waals surface area (Å²) in [4.78, 5) is 20.3. The van der Waals surface area contributed by atoms with E-state index in [1.54, 1.807) is 11.3 Å². The maximum absolute atomic E-state index is 13.7. The average Bonchev–Trinajstić information content (AvgIpc) is 3.63. The fourth-order valence-electron chi connectivity index (χ4n) is 4.89. The predicted octanol–water partition coefficient (Wildman–Crippen LogP) is 4.80. The van der Waals surface area contributed by atoms with E-state index in [9.17, 15) is 4.79 Å². The third-order valence-corrected chi connectivity index (χ3v) is 8.13. The van der Waals surface area contributed by atoms with Crippen molar-refractivity contribution in [2.45, 2.75) is 71.2 Å². The number of hydrogen-bond acceptors (Lipinski definition) is 7. The summed E-state index contributed by atoms with van der Waals surface area (Å²) >= 11 is 1.71. The molecule has 0 unspecified atom stereocenters. The van der Waals surface area contributed by atoms with Gasteiger partial charge >= 0.3 is 0 Å². The second-order valence-corrected chi connectivity index (χ2v) is 11.3. The minimum absolute atomic E-state index is 0.109. The number of rotatable bonds is 9. The quantitative estimate of drug-likeness (QED) is 0.351. The van der Waals surface area contributed by atoms with Crippen molar-refractivity contribution >= 4 is 22.2 Å². The molecule has 0 bridgehead atoms. The number of tetrazole rings is 1. The molecule has 4 heterocycles. The van der Waals surface area contributed by atoms with Crippen molar-refractivity contribution in [3.63, 3.8) is 0 Å². The van der Waals surface area contributed by atoms with Gasteiger partial charge in [0, 0.05) is 35.7 Å². The Hall–Kier alpha value is -2.88. The molecule has 1 saturated heterocycles. The molecule has 0 spiro atoms. The summed E-state index contributed by atoms with van der Waals surface area (Å²) in [5.41, 5.74) is 2.15. The van der Waals surface area contributed by atoms with E-state index >= 15 is 0 Å². The van der Waals surface area contributed by atoms with Crippen molar-refractivity contribution in [1.29, 1.82) is 0 Å². The molecular formula is C27H34N6O2S. The van der Waals surface area contributed by atoms with Gasteiger partial charge in [-0.05, 0) is 85.0 Å². The van der Waals surface area contributed by atoms with Crippen LogP contribution in [0.2, 0.25) is 0 Å². The molecule has 190 valence electrons. The van der Waals surface area contributed by atoms with Crippen molar-refractivity contribution < 1.29 is 4.74 Å². The van der Waals surface area contributed by atoms with E-state index in [-0.39, 0.29) is 17.2 Å². The van der Waals surface area contributed by atoms with E-state index in [0.717, 1.165) is 42.3 Å². The molecule has 1 aliphatic rings. The van der Waals surface area contributed by atoms with Crippen molar-refractivity contribution in [2.24, 2.45) is 0 Å². The smallest absolute Gasteiger partial charge is 0.253 e. The summed E-state index contributed by atoms with van der Waals surface area (Å²) < 4.78 is 7.95. The Labute approximate surface area is 215 Å². The zero-order chi connectivity index (χ0) is 25.3. The van der Waals surface area contributed by atoms with Crippen molar-refractivity contribution in [3.05, 3.63) is 74.0 Å². The lowest BCUT2D eigenvalue weighted by Crippen LogP contribution is -2.41. The van der Waals surface area contributed by atoms with Gasteiger partial charge in [0.2, 0.25) is 0 Å². The van der Waals surface area contributed by atoms with Crippen LogP contribution in [0, 0.1) is 6.92 Å². The number of aromatic amines is 1. The summed E-state index contributed by atoms with van der Waals surface area (Å²) in [5, 5.41) is 16.1. The topological polar surface area (TPSA) is 88.9 Å². The third kappa shape index (κ3) is 5.00. The summed E-state index contributed by atoms with van der Waals surface area (Å²) in [6.07, 6.45) is 3.02. The van der Waals surface area contributed by atoms with Gasteiger partial charge in [-0.15, -0.1) is 16.4 Å². The van der Waals surface area contributed by atoms with Gasteiger partial charge < -0.3 is 9.72 Å². The zero-order valence-electron chi connectivity index (χ0n) is 21.4. The summed E-state index contributed by atoms with van der Waals surface area (Å²) in [5.74, 6) is 0.674. The largest absolute Gasteiger partial charge is 0.377 e. The number of fused-ring (bicyclic) bond motifs is 1. The van der Waals surface area contributed by atoms with Crippen LogP contribution in [0.3, 0.4) is 0 Å². The number of thiophene rings is 1. The van der Waals surface area contributed by atoms with Crippen LogP contribution >= 0.6 is 11.3 Å². The fraction of sp³-hybridized carbons (Fsp3) is 0.481. The lowest BCUT2D eigenvalue weighted by molar-refractivity contribution is 0.0566. The van der Waals surface area contributed by atoms with Crippen molar-refractivity contribution in [1.82, 2.24) is 30.1 Å². The lowest BCUT2D eigenvalue weighted by Gasteiger charge is -2.34. The van der Waals surface area contributed by atoms with E-state index in [4.69, 9.17) is 4.74 Å². The normalized spacial score (nSPS) is 17.3. The SMILES string of the molecule is CCC(C)(C)n1nnnc1[C@@H](c1cc2ccc(C)cc2[nH]c1=O)N(Cc1cccs1)C[C@H]1CCCO1. The molecule has 1 aromatic carbocycles. The lowest BCUT2D eigenvalue weighted by atomic mass is 9.98. The maximum atomic E-state index is 13.7. The van der Waals surface area contributed by atoms with E-state index in [0.29, 0.717) is 24.5 Å². The molecule has 0 aliphatic carbocycles. The van der Waals surface area contributed by atoms with Gasteiger partial charge in [-0.2, -0.15) is 0 Å². The van der Waals surface area contributed by atoms with Crippen LogP contribution in [-0.2, 0) is 16.8 Å². The number of pyridine rings is 1. The number of hydrogen-bond donors (Lipinski definition) is 1. The van der Waals surface area contributed by atoms with Gasteiger partial charge in [-0.1, -0.05) is 25.1 Å². The van der Waals surface area contributed by atoms with Gasteiger partial charge in [0.05, 0.1) is 11.6 Å². The highest BCUT2D eigenvalue weighted by Crippen LogP contribution is 2.33. The highest BCUT2D eigenvalue weighted by molar-refractivity contribution is 7.09. The molecule has 4 aromatic rings. The highest BCUT2D eigenvalue weighted by atomic mass is 32.1. The average molecular weight is 507 g/mol. The van der Waals surface area contributed by atoms with E-state index in [1.807, 2.05) is 23.7 Å². The Morgan fingerprint density at radius 2 is 2.17 bits per heavy atom. The van der Waals surface area contributed by atoms with Gasteiger partial charge in [-0.25, -0.2) is 4.68 Å². The summed E-state index contributed by atoms with van der Waals surface area (Å²) in [6, 6.07) is 11.9. The third-order valence-electron chi connectivity index (χ3n) is 7.27. The molecule has 36 heavy (non-hydrogen) atoms. The van der Waals surface area contributed by atoms with Gasteiger partial charge in [0.25, 0.3) is 5.56 Å². The molecule has 1 aliphatic heterocycles. The minimum atomic E-state index is -0.438. The zero-order valence-corrected chi connectivity index (χ0v) is 22.2. The first-order valence-electron chi connectivity index (χ1n) is 12.7. The molecular weight excluding hydrogens is 472 g/mol. The molecule has 0 amide bonds. The number of nitrogens with one attached hydrogen (secondary N) is 1. The Balaban J connectivity index is 1.69. The first kappa shape index (κ1) is 24.8. The number of aryl methyl sites for hydroxylation is 1. The molecule has 1 N–H and O–H groups in total. The highest BCUT2D eigenvalue weighted by Gasteiger charge is 2.36. The van der Waals surface area contributed by atoms with Gasteiger partial charge in [-0.3, -0.25) is 9.69 Å². The maximum Gasteiger partial charge on any atom is 0.253 e. The van der Waals surface area contributed by atoms with Crippen LogP contribution in [0.25, 0.3) is 10.9 Å². The molecule has 0 saturated carbocycles. The number of nitrogens with zero attached hydrogens (tertiary/aromatic N) is 5. The fourth-order valence-corrected chi connectivity index (χ4v) is 5.62. The number of H-pyrrole nitrogens is 1. The molecule has 2 atom stereocenters. The standard InChI is InChI=1S/C27H34N6O2S/c1-5-27(3,4)33-25(29-30-31-33)24(22-15-19-11-10-18(2)14-23(19)28-26(22)34)32(16-20-8-6-12-35-20)17-21-9-7-13-36-21/h7,9-11,13-15,20,24H,5-6,8,12,16-17H2,1-4H3,(H,28,34)/t20-,24-/m1/s1. The van der Waals surface area contributed by atoms with E-state index < -0.39 is 6.04 Å². The molecule has 3 aromatic heterocycles. The Kier molecular flexibility index (Phi) is 7.05. The molecule has 5 rings (SSSR count). The first-order valence-corrected chi connectivity index (χ1v) is 13.5. The minimum Gasteiger partial charge on any atom is -0.377 e. The number of aromatic nitrogens is 5. The van der Waals surface area contributed by atoms with Crippen molar-refractivity contribution in [3.8, 4) is 0 Å². The van der Waals surface area contributed by atoms with Gasteiger partial charge in [0.15, 0.2) is 5.82 Å². The summed E-state index contributed by atoms with van der Waals surface area (Å²) in [7, 11) is 0. The number of ether oxygens (including phenoxy) is 1. The van der Waals surface area contributed by atoms with Crippen LogP contribution in [0.5, 0.6) is 0 Å². The van der Waals surface area contributed by atoms with Gasteiger partial charge in [0.1, 0.15) is 6.04 Å². The van der Waals surface area contributed by atoms with Crippen LogP contribution in [0.15, 0.2) is 46.6 Å². The molecule has 8 nitrogen and oxygen atoms in total. The monoisotopic (exact) mass is 506 g/mol. The molecule has 0 radical (unpaired) electrons. The molecule has 1 fully saturated rings. The Morgan fingerprint density at radius 3 is 2.89 bits per heavy atom. The second-order valence-electron chi connectivity index (χ2n) is 10.3. The number of benzene rings is 1. The predicted molar refractivity (Wildman–Crippen MR) is 142 cm³/mol. The Morgan fingerprint density at radius 1 is 1.31 bits per heavy atom. The first-order chi connectivity index (χ1) is 17.4. The van der Waals surface area contributed by atoms with Crippen LogP contribution < -0.4 is 5.56 Å². The Bertz CT molecular complexity index is 1370.